The summed E-state index contributed by atoms with van der Waals surface area (Å²) in [7, 11) is 3.04. The van der Waals surface area contributed by atoms with Gasteiger partial charge in [0, 0.05) is 12.1 Å². The van der Waals surface area contributed by atoms with E-state index in [9.17, 15) is 14.4 Å². The maximum absolute atomic E-state index is 11.6. The van der Waals surface area contributed by atoms with Crippen LogP contribution >= 0.6 is 0 Å². The van der Waals surface area contributed by atoms with Gasteiger partial charge in [-0.05, 0) is 37.6 Å². The van der Waals surface area contributed by atoms with Gasteiger partial charge in [-0.15, -0.1) is 0 Å². The van der Waals surface area contributed by atoms with Gasteiger partial charge in [-0.3, -0.25) is 25.2 Å². The Balaban J connectivity index is 2.57. The lowest BCUT2D eigenvalue weighted by molar-refractivity contribution is -0.140. The van der Waals surface area contributed by atoms with Crippen LogP contribution in [-0.4, -0.2) is 38.0 Å². The third-order valence-electron chi connectivity index (χ3n) is 2.76. The van der Waals surface area contributed by atoms with E-state index in [4.69, 9.17) is 9.47 Å². The Morgan fingerprint density at radius 2 is 1.67 bits per heavy atom. The molecule has 0 heterocycles. The molecule has 1 rings (SSSR count). The van der Waals surface area contributed by atoms with Crippen LogP contribution in [0.3, 0.4) is 0 Å². The van der Waals surface area contributed by atoms with Crippen molar-refractivity contribution in [2.45, 2.75) is 19.9 Å². The predicted molar refractivity (Wildman–Crippen MR) is 88.1 cm³/mol. The number of amides is 3. The topological polar surface area (TPSA) is 106 Å². The molecule has 0 aliphatic carbocycles. The zero-order valence-corrected chi connectivity index (χ0v) is 14.0. The molecule has 3 amide bonds. The highest BCUT2D eigenvalue weighted by Gasteiger charge is 2.14. The fourth-order valence-corrected chi connectivity index (χ4v) is 1.67. The molecule has 3 N–H and O–H groups in total. The van der Waals surface area contributed by atoms with Crippen molar-refractivity contribution in [3.63, 3.8) is 0 Å². The van der Waals surface area contributed by atoms with Gasteiger partial charge in [-0.2, -0.15) is 0 Å². The molecule has 0 fully saturated rings. The lowest BCUT2D eigenvalue weighted by Gasteiger charge is -2.09. The smallest absolute Gasteiger partial charge is 0.327 e. The van der Waals surface area contributed by atoms with Gasteiger partial charge >= 0.3 is 11.8 Å². The Bertz CT molecular complexity index is 641. The van der Waals surface area contributed by atoms with Crippen LogP contribution in [0.15, 0.2) is 24.3 Å². The second kappa shape index (κ2) is 9.19. The largest absolute Gasteiger partial charge is 0.493 e. The van der Waals surface area contributed by atoms with Gasteiger partial charge in [0.25, 0.3) is 5.91 Å². The molecule has 0 saturated carbocycles. The molecule has 0 aliphatic heterocycles. The Hall–Kier alpha value is -3.03. The number of rotatable bonds is 5. The molecule has 130 valence electrons. The van der Waals surface area contributed by atoms with Crippen molar-refractivity contribution in [2.75, 3.05) is 14.2 Å². The van der Waals surface area contributed by atoms with E-state index >= 15 is 0 Å². The minimum Gasteiger partial charge on any atom is -0.493 e. The molecule has 0 spiro atoms. The lowest BCUT2D eigenvalue weighted by atomic mass is 10.2. The molecule has 0 bridgehead atoms. The van der Waals surface area contributed by atoms with Crippen LogP contribution in [-0.2, 0) is 14.4 Å². The fourth-order valence-electron chi connectivity index (χ4n) is 1.67. The number of carbonyl (C=O) groups is 3. The summed E-state index contributed by atoms with van der Waals surface area (Å²) in [6, 6.07) is 4.95. The zero-order valence-electron chi connectivity index (χ0n) is 14.0. The molecule has 1 aromatic rings. The van der Waals surface area contributed by atoms with E-state index in [2.05, 4.69) is 10.7 Å². The molecular weight excluding hydrogens is 314 g/mol. The highest BCUT2D eigenvalue weighted by molar-refractivity contribution is 6.35. The molecule has 24 heavy (non-hydrogen) atoms. The van der Waals surface area contributed by atoms with Crippen LogP contribution in [0.1, 0.15) is 19.4 Å². The van der Waals surface area contributed by atoms with Gasteiger partial charge in [-0.1, -0.05) is 6.07 Å². The van der Waals surface area contributed by atoms with Crippen LogP contribution in [0.2, 0.25) is 0 Å². The predicted octanol–water partition coefficient (Wildman–Crippen LogP) is 0.389. The quantitative estimate of drug-likeness (QED) is 0.410. The number of nitrogens with one attached hydrogen (secondary N) is 3. The first kappa shape index (κ1) is 19.0. The molecule has 1 aromatic carbocycles. The SMILES string of the molecule is COc1ccc(/C=C/C(=O)NNC(=O)C(=O)NC(C)C)cc1OC. The molecule has 0 saturated heterocycles. The Morgan fingerprint density at radius 3 is 2.25 bits per heavy atom. The Kier molecular flexibility index (Phi) is 7.28. The number of methoxy groups -OCH3 is 2. The van der Waals surface area contributed by atoms with Gasteiger partial charge in [0.1, 0.15) is 0 Å². The van der Waals surface area contributed by atoms with Gasteiger partial charge in [0.05, 0.1) is 14.2 Å². The first-order valence-electron chi connectivity index (χ1n) is 7.18. The number of carbonyl (C=O) groups excluding carboxylic acids is 3. The van der Waals surface area contributed by atoms with E-state index in [0.29, 0.717) is 17.1 Å². The van der Waals surface area contributed by atoms with Crippen LogP contribution < -0.4 is 25.6 Å². The van der Waals surface area contributed by atoms with E-state index in [-0.39, 0.29) is 6.04 Å². The van der Waals surface area contributed by atoms with Crippen LogP contribution in [0.25, 0.3) is 6.08 Å². The summed E-state index contributed by atoms with van der Waals surface area (Å²) in [6.07, 6.45) is 2.74. The van der Waals surface area contributed by atoms with Crippen LogP contribution in [0.4, 0.5) is 0 Å². The van der Waals surface area contributed by atoms with E-state index in [1.165, 1.54) is 26.4 Å². The summed E-state index contributed by atoms with van der Waals surface area (Å²) in [5.41, 5.74) is 4.83. The average Bonchev–Trinajstić information content (AvgIpc) is 2.56. The van der Waals surface area contributed by atoms with E-state index in [0.717, 1.165) is 0 Å². The van der Waals surface area contributed by atoms with Gasteiger partial charge in [-0.25, -0.2) is 0 Å². The summed E-state index contributed by atoms with van der Waals surface area (Å²) in [6.45, 7) is 3.44. The van der Waals surface area contributed by atoms with Gasteiger partial charge < -0.3 is 14.8 Å². The summed E-state index contributed by atoms with van der Waals surface area (Å²) in [5.74, 6) is -1.26. The van der Waals surface area contributed by atoms with Crippen molar-refractivity contribution in [3.8, 4) is 11.5 Å². The van der Waals surface area contributed by atoms with Crippen molar-refractivity contribution in [2.24, 2.45) is 0 Å². The third kappa shape index (κ3) is 5.99. The van der Waals surface area contributed by atoms with Crippen molar-refractivity contribution < 1.29 is 23.9 Å². The number of benzene rings is 1. The number of hydrogen-bond acceptors (Lipinski definition) is 5. The molecule has 0 unspecified atom stereocenters. The summed E-state index contributed by atoms with van der Waals surface area (Å²) in [4.78, 5) is 34.4. The maximum Gasteiger partial charge on any atom is 0.327 e. The second-order valence-corrected chi connectivity index (χ2v) is 5.02. The van der Waals surface area contributed by atoms with Gasteiger partial charge in [0.15, 0.2) is 11.5 Å². The van der Waals surface area contributed by atoms with E-state index in [1.54, 1.807) is 32.0 Å². The minimum absolute atomic E-state index is 0.177. The molecule has 8 heteroatoms. The Morgan fingerprint density at radius 1 is 1.00 bits per heavy atom. The highest BCUT2D eigenvalue weighted by Crippen LogP contribution is 2.27. The number of ether oxygens (including phenoxy) is 2. The van der Waals surface area contributed by atoms with Gasteiger partial charge in [0.2, 0.25) is 0 Å². The van der Waals surface area contributed by atoms with Crippen molar-refractivity contribution in [1.82, 2.24) is 16.2 Å². The first-order chi connectivity index (χ1) is 11.4. The van der Waals surface area contributed by atoms with Crippen LogP contribution in [0, 0.1) is 0 Å². The highest BCUT2D eigenvalue weighted by atomic mass is 16.5. The monoisotopic (exact) mass is 335 g/mol. The van der Waals surface area contributed by atoms with E-state index < -0.39 is 17.7 Å². The number of hydrazine groups is 1. The molecule has 8 nitrogen and oxygen atoms in total. The average molecular weight is 335 g/mol. The summed E-state index contributed by atoms with van der Waals surface area (Å²) >= 11 is 0. The molecule has 0 atom stereocenters. The molecule has 0 radical (unpaired) electrons. The molecule has 0 aliphatic rings. The first-order valence-corrected chi connectivity index (χ1v) is 7.18. The van der Waals surface area contributed by atoms with Crippen LogP contribution in [0.5, 0.6) is 11.5 Å². The van der Waals surface area contributed by atoms with Crippen molar-refractivity contribution in [1.29, 1.82) is 0 Å². The standard InChI is InChI=1S/C16H21N3O5/c1-10(2)17-15(21)16(22)19-18-14(20)8-6-11-5-7-12(23-3)13(9-11)24-4/h5-10H,1-4H3,(H,17,21)(H,18,20)(H,19,22)/b8-6+. The lowest BCUT2D eigenvalue weighted by Crippen LogP contribution is -2.49. The molecule has 0 aromatic heterocycles. The van der Waals surface area contributed by atoms with Crippen molar-refractivity contribution in [3.05, 3.63) is 29.8 Å². The number of hydrogen-bond donors (Lipinski definition) is 3. The summed E-state index contributed by atoms with van der Waals surface area (Å²) in [5, 5.41) is 2.40. The van der Waals surface area contributed by atoms with E-state index in [1.807, 2.05) is 5.43 Å². The van der Waals surface area contributed by atoms with Crippen molar-refractivity contribution >= 4 is 23.8 Å². The zero-order chi connectivity index (χ0) is 18.1. The fraction of sp³-hybridized carbons (Fsp3) is 0.312. The maximum atomic E-state index is 11.6. The summed E-state index contributed by atoms with van der Waals surface area (Å²) < 4.78 is 10.3. The normalized spacial score (nSPS) is 10.4. The second-order valence-electron chi connectivity index (χ2n) is 5.02. The molecular formula is C16H21N3O5. The minimum atomic E-state index is -0.948. The Labute approximate surface area is 140 Å². The third-order valence-corrected chi connectivity index (χ3v) is 2.76.